The van der Waals surface area contributed by atoms with Gasteiger partial charge >= 0.3 is 0 Å². The minimum Gasteiger partial charge on any atom is -0.276 e. The van der Waals surface area contributed by atoms with Gasteiger partial charge < -0.3 is 0 Å². The van der Waals surface area contributed by atoms with Crippen LogP contribution in [-0.2, 0) is 12.8 Å². The quantitative estimate of drug-likeness (QED) is 0.623. The summed E-state index contributed by atoms with van der Waals surface area (Å²) in [5, 5.41) is -0.940. The molecule has 0 aromatic heterocycles. The van der Waals surface area contributed by atoms with Crippen LogP contribution in [-0.4, -0.2) is 10.5 Å². The van der Waals surface area contributed by atoms with Gasteiger partial charge in [0.1, 0.15) is 0 Å². The molecule has 0 N–H and O–H groups in total. The Morgan fingerprint density at radius 3 is 1.45 bits per heavy atom. The van der Waals surface area contributed by atoms with Crippen LogP contribution < -0.4 is 0 Å². The highest BCUT2D eigenvalue weighted by Gasteiger charge is 2.16. The van der Waals surface area contributed by atoms with Gasteiger partial charge in [-0.15, -0.1) is 0 Å². The molecule has 0 heterocycles. The van der Waals surface area contributed by atoms with E-state index in [4.69, 9.17) is 23.2 Å². The van der Waals surface area contributed by atoms with Crippen LogP contribution in [0.3, 0.4) is 0 Å². The van der Waals surface area contributed by atoms with E-state index in [1.54, 1.807) is 12.1 Å². The van der Waals surface area contributed by atoms with E-state index in [2.05, 4.69) is 13.8 Å². The van der Waals surface area contributed by atoms with Gasteiger partial charge in [-0.3, -0.25) is 9.59 Å². The zero-order valence-corrected chi connectivity index (χ0v) is 13.5. The second-order valence-corrected chi connectivity index (χ2v) is 5.61. The average Bonchev–Trinajstić information content (AvgIpc) is 2.42. The van der Waals surface area contributed by atoms with Gasteiger partial charge in [0.2, 0.25) is 0 Å². The van der Waals surface area contributed by atoms with Crippen LogP contribution in [0.5, 0.6) is 0 Å². The first-order chi connectivity index (χ1) is 9.51. The molecule has 0 saturated carbocycles. The molecule has 0 unspecified atom stereocenters. The first-order valence-corrected chi connectivity index (χ1v) is 7.82. The third-order valence-electron chi connectivity index (χ3n) is 3.35. The molecule has 110 valence electrons. The Morgan fingerprint density at radius 2 is 1.20 bits per heavy atom. The third kappa shape index (κ3) is 4.60. The van der Waals surface area contributed by atoms with E-state index >= 15 is 0 Å². The molecule has 0 fully saturated rings. The molecule has 1 aromatic rings. The van der Waals surface area contributed by atoms with Crippen LogP contribution in [0, 0.1) is 0 Å². The monoisotopic (exact) mass is 314 g/mol. The Hall–Kier alpha value is -0.860. The van der Waals surface area contributed by atoms with Crippen LogP contribution in [0.4, 0.5) is 0 Å². The molecule has 1 rings (SSSR count). The number of hydrogen-bond acceptors (Lipinski definition) is 2. The normalized spacial score (nSPS) is 10.6. The lowest BCUT2D eigenvalue weighted by atomic mass is 9.93. The fourth-order valence-corrected chi connectivity index (χ4v) is 2.56. The highest BCUT2D eigenvalue weighted by Crippen LogP contribution is 2.24. The zero-order chi connectivity index (χ0) is 15.1. The molecule has 0 spiro atoms. The molecule has 0 bridgehead atoms. The zero-order valence-electron chi connectivity index (χ0n) is 12.0. The second kappa shape index (κ2) is 8.43. The smallest absolute Gasteiger partial charge is 0.252 e. The summed E-state index contributed by atoms with van der Waals surface area (Å²) in [6.07, 6.45) is 5.38. The summed E-state index contributed by atoms with van der Waals surface area (Å²) in [6, 6.07) is 3.48. The largest absolute Gasteiger partial charge is 0.276 e. The molecule has 1 aromatic carbocycles. The summed E-state index contributed by atoms with van der Waals surface area (Å²) in [6.45, 7) is 4.15. The molecule has 0 aliphatic carbocycles. The van der Waals surface area contributed by atoms with Crippen molar-refractivity contribution in [3.8, 4) is 0 Å². The maximum atomic E-state index is 11.6. The first kappa shape index (κ1) is 17.2. The molecule has 2 nitrogen and oxygen atoms in total. The van der Waals surface area contributed by atoms with Crippen molar-refractivity contribution in [1.29, 1.82) is 0 Å². The standard InChI is InChI=1S/C16H20Cl2O2/c1-3-5-7-11-9-14(16(18)20)12(8-6-4-2)10-13(11)15(17)19/h9-10H,3-8H2,1-2H3. The Morgan fingerprint density at radius 1 is 0.850 bits per heavy atom. The summed E-state index contributed by atoms with van der Waals surface area (Å²) in [4.78, 5) is 23.2. The molecule has 0 aliphatic heterocycles. The second-order valence-electron chi connectivity index (χ2n) is 4.92. The maximum absolute atomic E-state index is 11.6. The van der Waals surface area contributed by atoms with Crippen LogP contribution in [0.15, 0.2) is 12.1 Å². The molecule has 0 amide bonds. The Kier molecular flexibility index (Phi) is 7.25. The fraction of sp³-hybridized carbons (Fsp3) is 0.500. The summed E-state index contributed by atoms with van der Waals surface area (Å²) in [7, 11) is 0. The summed E-state index contributed by atoms with van der Waals surface area (Å²) in [5.74, 6) is 0. The van der Waals surface area contributed by atoms with Gasteiger partial charge in [0, 0.05) is 11.1 Å². The number of rotatable bonds is 8. The van der Waals surface area contributed by atoms with E-state index in [9.17, 15) is 9.59 Å². The molecule has 0 radical (unpaired) electrons. The molecule has 0 atom stereocenters. The minimum atomic E-state index is -0.470. The number of hydrogen-bond donors (Lipinski definition) is 0. The fourth-order valence-electron chi connectivity index (χ4n) is 2.20. The van der Waals surface area contributed by atoms with E-state index in [1.807, 2.05) is 0 Å². The lowest BCUT2D eigenvalue weighted by molar-refractivity contribution is 0.106. The van der Waals surface area contributed by atoms with Crippen LogP contribution in [0.1, 0.15) is 71.4 Å². The number of carbonyl (C=O) groups excluding carboxylic acids is 2. The molecular weight excluding hydrogens is 295 g/mol. The summed E-state index contributed by atoms with van der Waals surface area (Å²) < 4.78 is 0. The summed E-state index contributed by atoms with van der Waals surface area (Å²) >= 11 is 11.3. The van der Waals surface area contributed by atoms with Crippen molar-refractivity contribution in [2.45, 2.75) is 52.4 Å². The van der Waals surface area contributed by atoms with Crippen molar-refractivity contribution < 1.29 is 9.59 Å². The minimum absolute atomic E-state index is 0.470. The molecule has 20 heavy (non-hydrogen) atoms. The van der Waals surface area contributed by atoms with Crippen LogP contribution in [0.25, 0.3) is 0 Å². The van der Waals surface area contributed by atoms with Crippen molar-refractivity contribution in [3.63, 3.8) is 0 Å². The van der Waals surface area contributed by atoms with E-state index in [0.717, 1.165) is 49.7 Å². The molecule has 0 saturated heterocycles. The predicted octanol–water partition coefficient (Wildman–Crippen LogP) is 5.13. The number of halogens is 2. The van der Waals surface area contributed by atoms with Gasteiger partial charge in [-0.2, -0.15) is 0 Å². The van der Waals surface area contributed by atoms with E-state index in [0.29, 0.717) is 11.1 Å². The van der Waals surface area contributed by atoms with Crippen molar-refractivity contribution in [3.05, 3.63) is 34.4 Å². The van der Waals surface area contributed by atoms with Gasteiger partial charge in [-0.25, -0.2) is 0 Å². The highest BCUT2D eigenvalue weighted by molar-refractivity contribution is 6.68. The van der Waals surface area contributed by atoms with Gasteiger partial charge in [0.05, 0.1) is 0 Å². The Labute approximate surface area is 130 Å². The van der Waals surface area contributed by atoms with Crippen molar-refractivity contribution >= 4 is 33.7 Å². The first-order valence-electron chi connectivity index (χ1n) is 7.06. The topological polar surface area (TPSA) is 34.1 Å². The molecule has 0 aliphatic rings. The van der Waals surface area contributed by atoms with Crippen LogP contribution in [0.2, 0.25) is 0 Å². The van der Waals surface area contributed by atoms with Crippen molar-refractivity contribution in [1.82, 2.24) is 0 Å². The van der Waals surface area contributed by atoms with Gasteiger partial charge in [0.15, 0.2) is 0 Å². The predicted molar refractivity (Wildman–Crippen MR) is 84.0 cm³/mol. The van der Waals surface area contributed by atoms with Crippen molar-refractivity contribution in [2.24, 2.45) is 0 Å². The highest BCUT2D eigenvalue weighted by atomic mass is 35.5. The van der Waals surface area contributed by atoms with Gasteiger partial charge in [-0.1, -0.05) is 26.7 Å². The van der Waals surface area contributed by atoms with E-state index in [1.165, 1.54) is 0 Å². The number of carbonyl (C=O) groups is 2. The number of benzene rings is 1. The lowest BCUT2D eigenvalue weighted by Gasteiger charge is -2.12. The lowest BCUT2D eigenvalue weighted by Crippen LogP contribution is -2.06. The SMILES string of the molecule is CCCCc1cc(C(=O)Cl)c(CCCC)cc1C(=O)Cl. The number of aryl methyl sites for hydroxylation is 2. The number of unbranched alkanes of at least 4 members (excludes halogenated alkanes) is 2. The molecule has 4 heteroatoms. The van der Waals surface area contributed by atoms with Crippen molar-refractivity contribution in [2.75, 3.05) is 0 Å². The molecular formula is C16H20Cl2O2. The maximum Gasteiger partial charge on any atom is 0.252 e. The summed E-state index contributed by atoms with van der Waals surface area (Å²) in [5.41, 5.74) is 2.65. The van der Waals surface area contributed by atoms with Gasteiger partial charge in [-0.05, 0) is 72.1 Å². The third-order valence-corrected chi connectivity index (χ3v) is 3.76. The van der Waals surface area contributed by atoms with Gasteiger partial charge in [0.25, 0.3) is 10.5 Å². The van der Waals surface area contributed by atoms with E-state index < -0.39 is 10.5 Å². The van der Waals surface area contributed by atoms with E-state index in [-0.39, 0.29) is 0 Å². The Balaban J connectivity index is 3.27. The average molecular weight is 315 g/mol. The Bertz CT molecular complexity index is 450. The van der Waals surface area contributed by atoms with Crippen LogP contribution >= 0.6 is 23.2 Å².